The number of ketones is 1. The third-order valence-corrected chi connectivity index (χ3v) is 1.18. The highest BCUT2D eigenvalue weighted by atomic mass is 35.5. The molecular weight excluding hydrogens is 140 g/mol. The molecular formula is C5H11ClN2O. The van der Waals surface area contributed by atoms with Gasteiger partial charge >= 0.3 is 0 Å². The minimum absolute atomic E-state index is 0. The first-order valence-corrected chi connectivity index (χ1v) is 2.87. The van der Waals surface area contributed by atoms with Gasteiger partial charge in [-0.1, -0.05) is 0 Å². The van der Waals surface area contributed by atoms with Crippen molar-refractivity contribution in [2.45, 2.75) is 12.8 Å². The van der Waals surface area contributed by atoms with Crippen molar-refractivity contribution >= 4 is 18.2 Å². The summed E-state index contributed by atoms with van der Waals surface area (Å²) in [4.78, 5) is 10.6. The molecule has 0 aromatic rings. The quantitative estimate of drug-likeness (QED) is 0.506. The number of halogens is 1. The molecule has 4 heteroatoms. The van der Waals surface area contributed by atoms with Gasteiger partial charge in [-0.15, -0.1) is 12.4 Å². The number of nitrogens with one attached hydrogen (secondary N) is 2. The highest BCUT2D eigenvalue weighted by Gasteiger charge is 2.03. The normalized spacial score (nSPS) is 20.2. The number of carbonyl (C=O) groups is 1. The molecule has 0 aromatic carbocycles. The number of hydrazine groups is 1. The van der Waals surface area contributed by atoms with E-state index in [0.717, 1.165) is 13.1 Å². The molecule has 0 radical (unpaired) electrons. The molecule has 2 N–H and O–H groups in total. The van der Waals surface area contributed by atoms with Gasteiger partial charge in [-0.3, -0.25) is 15.6 Å². The summed E-state index contributed by atoms with van der Waals surface area (Å²) in [6.45, 7) is 1.55. The van der Waals surface area contributed by atoms with Gasteiger partial charge in [-0.2, -0.15) is 0 Å². The zero-order chi connectivity index (χ0) is 5.82. The Labute approximate surface area is 60.6 Å². The third kappa shape index (κ3) is 3.46. The molecule has 0 bridgehead atoms. The fraction of sp³-hybridized carbons (Fsp3) is 0.800. The van der Waals surface area contributed by atoms with Crippen LogP contribution in [0.15, 0.2) is 0 Å². The van der Waals surface area contributed by atoms with E-state index >= 15 is 0 Å². The number of rotatable bonds is 0. The Kier molecular flexibility index (Phi) is 4.67. The molecule has 54 valence electrons. The van der Waals surface area contributed by atoms with Crippen LogP contribution in [0, 0.1) is 0 Å². The molecule has 0 atom stereocenters. The molecule has 0 aliphatic carbocycles. The van der Waals surface area contributed by atoms with Crippen molar-refractivity contribution in [2.24, 2.45) is 0 Å². The van der Waals surface area contributed by atoms with Crippen molar-refractivity contribution in [3.63, 3.8) is 0 Å². The second kappa shape index (κ2) is 4.73. The first-order chi connectivity index (χ1) is 3.89. The molecule has 1 heterocycles. The van der Waals surface area contributed by atoms with Gasteiger partial charge in [-0.25, -0.2) is 0 Å². The highest BCUT2D eigenvalue weighted by molar-refractivity contribution is 5.85. The zero-order valence-corrected chi connectivity index (χ0v) is 5.96. The molecule has 0 amide bonds. The topological polar surface area (TPSA) is 41.1 Å². The lowest BCUT2D eigenvalue weighted by atomic mass is 10.2. The van der Waals surface area contributed by atoms with Crippen molar-refractivity contribution in [3.05, 3.63) is 0 Å². The molecule has 0 spiro atoms. The van der Waals surface area contributed by atoms with Crippen molar-refractivity contribution in [2.75, 3.05) is 13.1 Å². The van der Waals surface area contributed by atoms with E-state index < -0.39 is 0 Å². The summed E-state index contributed by atoms with van der Waals surface area (Å²) < 4.78 is 0. The van der Waals surface area contributed by atoms with Gasteiger partial charge in [0.15, 0.2) is 0 Å². The lowest BCUT2D eigenvalue weighted by Gasteiger charge is -1.94. The average molecular weight is 151 g/mol. The van der Waals surface area contributed by atoms with Crippen LogP contribution in [0.1, 0.15) is 12.8 Å². The van der Waals surface area contributed by atoms with Crippen LogP contribution >= 0.6 is 12.4 Å². The monoisotopic (exact) mass is 150 g/mol. The number of Topliss-reactive ketones (excluding diaryl/α,β-unsaturated/α-hetero) is 1. The van der Waals surface area contributed by atoms with Crippen molar-refractivity contribution < 1.29 is 4.79 Å². The molecule has 1 aliphatic rings. The Morgan fingerprint density at radius 3 is 2.00 bits per heavy atom. The summed E-state index contributed by atoms with van der Waals surface area (Å²) in [5, 5.41) is 0. The summed E-state index contributed by atoms with van der Waals surface area (Å²) >= 11 is 0. The Morgan fingerprint density at radius 1 is 1.11 bits per heavy atom. The maximum absolute atomic E-state index is 10.6. The highest BCUT2D eigenvalue weighted by Crippen LogP contribution is 1.88. The molecule has 1 fully saturated rings. The van der Waals surface area contributed by atoms with Crippen LogP contribution in [0.3, 0.4) is 0 Å². The Morgan fingerprint density at radius 2 is 1.56 bits per heavy atom. The predicted octanol–water partition coefficient (Wildman–Crippen LogP) is -0.135. The summed E-state index contributed by atoms with van der Waals surface area (Å²) in [7, 11) is 0. The van der Waals surface area contributed by atoms with E-state index in [1.165, 1.54) is 0 Å². The minimum atomic E-state index is 0. The first-order valence-electron chi connectivity index (χ1n) is 2.87. The third-order valence-electron chi connectivity index (χ3n) is 1.18. The maximum Gasteiger partial charge on any atom is 0.135 e. The molecule has 3 nitrogen and oxygen atoms in total. The van der Waals surface area contributed by atoms with Gasteiger partial charge < -0.3 is 0 Å². The second-order valence-electron chi connectivity index (χ2n) is 1.89. The fourth-order valence-corrected chi connectivity index (χ4v) is 0.706. The molecule has 0 aromatic heterocycles. The summed E-state index contributed by atoms with van der Waals surface area (Å²) in [6.07, 6.45) is 1.35. The SMILES string of the molecule is Cl.O=C1CCNNCC1. The first kappa shape index (κ1) is 8.88. The van der Waals surface area contributed by atoms with Crippen LogP contribution in [-0.4, -0.2) is 18.9 Å². The fourth-order valence-electron chi connectivity index (χ4n) is 0.706. The van der Waals surface area contributed by atoms with Crippen molar-refractivity contribution in [3.8, 4) is 0 Å². The van der Waals surface area contributed by atoms with E-state index in [1.54, 1.807) is 0 Å². The van der Waals surface area contributed by atoms with Gasteiger partial charge in [0, 0.05) is 25.9 Å². The van der Waals surface area contributed by atoms with Crippen LogP contribution < -0.4 is 10.9 Å². The molecule has 1 saturated heterocycles. The van der Waals surface area contributed by atoms with Crippen LogP contribution in [0.4, 0.5) is 0 Å². The van der Waals surface area contributed by atoms with Gasteiger partial charge in [0.25, 0.3) is 0 Å². The minimum Gasteiger partial charge on any atom is -0.300 e. The Hall–Kier alpha value is -0.120. The molecule has 9 heavy (non-hydrogen) atoms. The van der Waals surface area contributed by atoms with Crippen LogP contribution in [-0.2, 0) is 4.79 Å². The molecule has 1 aliphatic heterocycles. The van der Waals surface area contributed by atoms with E-state index in [4.69, 9.17) is 0 Å². The standard InChI is InChI=1S/C5H10N2O.ClH/c8-5-1-3-6-7-4-2-5;/h6-7H,1-4H2;1H. The van der Waals surface area contributed by atoms with E-state index in [-0.39, 0.29) is 12.4 Å². The maximum atomic E-state index is 10.6. The number of carbonyl (C=O) groups excluding carboxylic acids is 1. The molecule has 1 rings (SSSR count). The van der Waals surface area contributed by atoms with Gasteiger partial charge in [0.1, 0.15) is 5.78 Å². The lowest BCUT2D eigenvalue weighted by Crippen LogP contribution is -2.30. The smallest absolute Gasteiger partial charge is 0.135 e. The largest absolute Gasteiger partial charge is 0.300 e. The average Bonchev–Trinajstić information content (AvgIpc) is 1.94. The van der Waals surface area contributed by atoms with Crippen LogP contribution in [0.2, 0.25) is 0 Å². The molecule has 0 saturated carbocycles. The van der Waals surface area contributed by atoms with Gasteiger partial charge in [0.05, 0.1) is 0 Å². The number of hydrogen-bond acceptors (Lipinski definition) is 3. The summed E-state index contributed by atoms with van der Waals surface area (Å²) in [5.41, 5.74) is 5.81. The van der Waals surface area contributed by atoms with Crippen LogP contribution in [0.25, 0.3) is 0 Å². The lowest BCUT2D eigenvalue weighted by molar-refractivity contribution is -0.118. The summed E-state index contributed by atoms with van der Waals surface area (Å²) in [6, 6.07) is 0. The zero-order valence-electron chi connectivity index (χ0n) is 5.14. The predicted molar refractivity (Wildman–Crippen MR) is 37.5 cm³/mol. The van der Waals surface area contributed by atoms with E-state index in [9.17, 15) is 4.79 Å². The van der Waals surface area contributed by atoms with E-state index in [1.807, 2.05) is 0 Å². The van der Waals surface area contributed by atoms with E-state index in [0.29, 0.717) is 18.6 Å². The Balaban J connectivity index is 0.000000640. The van der Waals surface area contributed by atoms with Gasteiger partial charge in [0.2, 0.25) is 0 Å². The van der Waals surface area contributed by atoms with Crippen molar-refractivity contribution in [1.82, 2.24) is 10.9 Å². The second-order valence-corrected chi connectivity index (χ2v) is 1.89. The van der Waals surface area contributed by atoms with Crippen LogP contribution in [0.5, 0.6) is 0 Å². The van der Waals surface area contributed by atoms with E-state index in [2.05, 4.69) is 10.9 Å². The number of hydrogen-bond donors (Lipinski definition) is 2. The molecule has 0 unspecified atom stereocenters. The summed E-state index contributed by atoms with van der Waals surface area (Å²) in [5.74, 6) is 0.350. The van der Waals surface area contributed by atoms with Crippen molar-refractivity contribution in [1.29, 1.82) is 0 Å². The van der Waals surface area contributed by atoms with Gasteiger partial charge in [-0.05, 0) is 0 Å². The Bertz CT molecular complexity index is 87.0.